The summed E-state index contributed by atoms with van der Waals surface area (Å²) in [5, 5.41) is 15.6. The number of hydrogen-bond donors (Lipinski definition) is 0. The maximum atomic E-state index is 6.14. The van der Waals surface area contributed by atoms with Crippen molar-refractivity contribution in [2.45, 2.75) is 39.3 Å². The Hall–Kier alpha value is -12.8. The van der Waals surface area contributed by atoms with Crippen molar-refractivity contribution < 1.29 is 64.7 Å². The van der Waals surface area contributed by atoms with Gasteiger partial charge in [0.2, 0.25) is 0 Å². The molecule has 0 aliphatic heterocycles. The Balaban J connectivity index is 0.000000130. The molecular weight excluding hydrogens is 2180 g/mol. The van der Waals surface area contributed by atoms with Gasteiger partial charge >= 0.3 is 0 Å². The smallest absolute Gasteiger partial charge is 0.120 e. The first-order valence-electron chi connectivity index (χ1n) is 42.2. The fraction of sp³-hybridized carbons (Fsp3) is 0.0526. The number of nitrogens with zero attached hydrogens (tertiary/aromatic N) is 7. The van der Waals surface area contributed by atoms with E-state index in [0.717, 1.165) is 101 Å². The topological polar surface area (TPSA) is 95.4 Å². The molecule has 0 spiro atoms. The van der Waals surface area contributed by atoms with Gasteiger partial charge < -0.3 is 38.9 Å². The maximum Gasteiger partial charge on any atom is 0.120 e. The summed E-state index contributed by atoms with van der Waals surface area (Å²) in [5.41, 5.74) is 17.2. The third kappa shape index (κ3) is 21.1. The SMILES string of the molecule is C[Si](C)(c1ccccc1)c1ccc(-c2[c-]ccc3c2oc2ccccc23)nc1.C[Si](C)(c1ccccc1)c1ccc(-c2[c-]ccc3c2sc2ccccc23)nc1.C[Si](C)(c1ccccc1)c1ccc(-c2[c-]ccc3c4ccccc4n(-c4ccccc4)c23)nc1.[Ir].[Ir].[Ir].[c-]1ccccc1-c1ccccn1.[c-]1ccccc1-c1ccccn1.[c-]1ccccc1-c1ccccn1. The summed E-state index contributed by atoms with van der Waals surface area (Å²) in [5.74, 6) is 0. The van der Waals surface area contributed by atoms with Gasteiger partial charge in [-0.3, -0.25) is 0 Å². The molecule has 0 unspecified atom stereocenters. The number of fused-ring (bicyclic) bond motifs is 9. The van der Waals surface area contributed by atoms with Crippen molar-refractivity contribution >= 4 is 131 Å². The van der Waals surface area contributed by atoms with Gasteiger partial charge in [-0.05, 0) is 119 Å². The predicted octanol–water partition coefficient (Wildman–Crippen LogP) is 25.1. The Bertz CT molecular complexity index is 6810. The van der Waals surface area contributed by atoms with Crippen LogP contribution in [0.25, 0.3) is 137 Å². The molecular formula is C114H89Ir3N7OSSi3-6. The third-order valence-electron chi connectivity index (χ3n) is 23.0. The van der Waals surface area contributed by atoms with Crippen LogP contribution in [0.4, 0.5) is 0 Å². The molecule has 129 heavy (non-hydrogen) atoms. The van der Waals surface area contributed by atoms with Gasteiger partial charge in [0.15, 0.2) is 0 Å². The number of furan rings is 1. The molecule has 8 nitrogen and oxygen atoms in total. The van der Waals surface area contributed by atoms with Crippen molar-refractivity contribution in [3.8, 4) is 73.2 Å². The van der Waals surface area contributed by atoms with Gasteiger partial charge in [-0.2, -0.15) is 11.3 Å². The molecule has 0 saturated heterocycles. The molecule has 0 saturated carbocycles. The molecule has 0 N–H and O–H groups in total. The van der Waals surface area contributed by atoms with Gasteiger partial charge in [-0.15, -0.1) is 173 Å². The Morgan fingerprint density at radius 3 is 1.08 bits per heavy atom. The molecule has 0 atom stereocenters. The summed E-state index contributed by atoms with van der Waals surface area (Å²) >= 11 is 1.83. The minimum absolute atomic E-state index is 0. The van der Waals surface area contributed by atoms with Crippen LogP contribution in [0.2, 0.25) is 39.3 Å². The van der Waals surface area contributed by atoms with Crippen LogP contribution < -0.4 is 31.1 Å². The van der Waals surface area contributed by atoms with Crippen LogP contribution in [0.15, 0.2) is 436 Å². The first-order valence-corrected chi connectivity index (χ1v) is 52.0. The summed E-state index contributed by atoms with van der Waals surface area (Å²) < 4.78 is 11.1. The van der Waals surface area contributed by atoms with E-state index < -0.39 is 24.2 Å². The fourth-order valence-electron chi connectivity index (χ4n) is 15.8. The summed E-state index contributed by atoms with van der Waals surface area (Å²) in [6, 6.07) is 155. The molecule has 0 fully saturated rings. The summed E-state index contributed by atoms with van der Waals surface area (Å²) in [6.45, 7) is 14.3. The Morgan fingerprint density at radius 1 is 0.264 bits per heavy atom. The maximum absolute atomic E-state index is 6.14. The van der Waals surface area contributed by atoms with E-state index >= 15 is 0 Å². The van der Waals surface area contributed by atoms with Gasteiger partial charge in [0.1, 0.15) is 29.8 Å². The molecule has 0 aliphatic rings. The summed E-state index contributed by atoms with van der Waals surface area (Å²) in [6.07, 6.45) is 11.6. The van der Waals surface area contributed by atoms with Crippen LogP contribution in [-0.4, -0.2) is 58.7 Å². The van der Waals surface area contributed by atoms with Crippen molar-refractivity contribution in [2.24, 2.45) is 0 Å². The second kappa shape index (κ2) is 43.3. The molecule has 637 valence electrons. The van der Waals surface area contributed by atoms with Crippen LogP contribution >= 0.6 is 11.3 Å². The number of aromatic nitrogens is 7. The average Bonchev–Trinajstić information content (AvgIpc) is 1.54. The molecule has 0 bridgehead atoms. The van der Waals surface area contributed by atoms with Crippen LogP contribution in [0.1, 0.15) is 0 Å². The van der Waals surface area contributed by atoms with Gasteiger partial charge in [-0.25, -0.2) is 0 Å². The van der Waals surface area contributed by atoms with E-state index in [4.69, 9.17) is 19.4 Å². The van der Waals surface area contributed by atoms with E-state index in [0.29, 0.717) is 0 Å². The molecule has 22 rings (SSSR count). The molecule has 22 aromatic rings. The van der Waals surface area contributed by atoms with E-state index in [1.54, 1.807) is 18.6 Å². The van der Waals surface area contributed by atoms with E-state index in [1.165, 1.54) is 67.6 Å². The average molecular weight is 2270 g/mol. The van der Waals surface area contributed by atoms with Crippen molar-refractivity contribution in [3.05, 3.63) is 468 Å². The monoisotopic (exact) mass is 2270 g/mol. The minimum atomic E-state index is -1.80. The minimum Gasteiger partial charge on any atom is -0.501 e. The molecule has 0 aliphatic carbocycles. The predicted molar refractivity (Wildman–Crippen MR) is 535 cm³/mol. The molecule has 9 heterocycles. The number of benzene rings is 13. The Labute approximate surface area is 802 Å². The summed E-state index contributed by atoms with van der Waals surface area (Å²) in [4.78, 5) is 27.3. The molecule has 0 amide bonds. The van der Waals surface area contributed by atoms with Gasteiger partial charge in [0.05, 0.1) is 5.58 Å². The van der Waals surface area contributed by atoms with E-state index in [-0.39, 0.29) is 60.3 Å². The van der Waals surface area contributed by atoms with Crippen molar-refractivity contribution in [1.29, 1.82) is 0 Å². The van der Waals surface area contributed by atoms with E-state index in [1.807, 2.05) is 181 Å². The standard InChI is InChI=1S/C31H25N2Si.C25H20NOSi.C25H20NSSi.3C11H8N.3Ir/c1-34(2,24-14-7-4-8-15-24)25-20-21-29(32-22-25)28-18-11-17-27-26-16-9-10-19-30(26)33(31(27)28)23-12-5-3-6-13-23;2*1-28(2,18-9-4-3-5-10-18)19-15-16-23(26-17-19)22-13-8-12-21-20-11-6-7-14-24(20)27-25(21)22;3*1-2-6-10(7-3-1)11-8-4-5-9-12-11;;;/h3-17,19-22H,1-2H3;2*3-12,14-17H,1-2H3;3*1-6,8-9H;;;/q6*-1;;;. The molecule has 15 heteroatoms. The quantitative estimate of drug-likeness (QED) is 0.0838. The second-order valence-corrected chi connectivity index (χ2v) is 46.2. The zero-order valence-corrected chi connectivity index (χ0v) is 82.9. The van der Waals surface area contributed by atoms with Crippen molar-refractivity contribution in [2.75, 3.05) is 0 Å². The number of rotatable bonds is 13. The first-order chi connectivity index (χ1) is 61.8. The van der Waals surface area contributed by atoms with Crippen LogP contribution in [0.3, 0.4) is 0 Å². The van der Waals surface area contributed by atoms with Gasteiger partial charge in [-0.1, -0.05) is 313 Å². The normalized spacial score (nSPS) is 11.0. The van der Waals surface area contributed by atoms with Crippen LogP contribution in [0, 0.1) is 36.4 Å². The van der Waals surface area contributed by atoms with Gasteiger partial charge in [0, 0.05) is 119 Å². The van der Waals surface area contributed by atoms with Crippen LogP contribution in [-0.2, 0) is 60.3 Å². The zero-order chi connectivity index (χ0) is 86.1. The fourth-order valence-corrected chi connectivity index (χ4v) is 23.7. The Morgan fingerprint density at radius 2 is 0.636 bits per heavy atom. The van der Waals surface area contributed by atoms with Crippen molar-refractivity contribution in [3.63, 3.8) is 0 Å². The first kappa shape index (κ1) is 92.4. The zero-order valence-electron chi connectivity index (χ0n) is 71.9. The number of thiophene rings is 1. The third-order valence-corrected chi connectivity index (χ3v) is 34.7. The molecule has 13 aromatic carbocycles. The van der Waals surface area contributed by atoms with E-state index in [9.17, 15) is 0 Å². The number of pyridine rings is 6. The largest absolute Gasteiger partial charge is 0.501 e. The van der Waals surface area contributed by atoms with Crippen LogP contribution in [0.5, 0.6) is 0 Å². The Kier molecular flexibility index (Phi) is 31.0. The second-order valence-electron chi connectivity index (χ2n) is 31.9. The van der Waals surface area contributed by atoms with Gasteiger partial charge in [0.25, 0.3) is 0 Å². The number of para-hydroxylation sites is 3. The van der Waals surface area contributed by atoms with E-state index in [2.05, 4.69) is 338 Å². The van der Waals surface area contributed by atoms with Crippen molar-refractivity contribution in [1.82, 2.24) is 34.5 Å². The molecule has 9 aromatic heterocycles. The number of hydrogen-bond acceptors (Lipinski definition) is 8. The molecule has 3 radical (unpaired) electrons. The summed E-state index contributed by atoms with van der Waals surface area (Å²) in [7, 11) is -5.29.